The normalized spacial score (nSPS) is 12.7. The molecule has 0 radical (unpaired) electrons. The average Bonchev–Trinajstić information content (AvgIpc) is 3.33. The van der Waals surface area contributed by atoms with Crippen LogP contribution in [0.2, 0.25) is 0 Å². The van der Waals surface area contributed by atoms with Crippen molar-refractivity contribution in [2.24, 2.45) is 0 Å². The lowest BCUT2D eigenvalue weighted by Gasteiger charge is -2.18. The quantitative estimate of drug-likeness (QED) is 0.0262. The third-order valence-corrected chi connectivity index (χ3v) is 11.9. The molecule has 384 valence electrons. The number of esters is 3. The predicted octanol–water partition coefficient (Wildman–Crippen LogP) is 18.8. The Hall–Kier alpha value is -3.41. The van der Waals surface area contributed by atoms with Crippen molar-refractivity contribution in [3.05, 3.63) is 85.1 Å². The van der Waals surface area contributed by atoms with E-state index >= 15 is 0 Å². The molecule has 0 aromatic heterocycles. The highest BCUT2D eigenvalue weighted by atomic mass is 16.6. The van der Waals surface area contributed by atoms with E-state index in [1.54, 1.807) is 0 Å². The summed E-state index contributed by atoms with van der Waals surface area (Å²) in [6, 6.07) is 0. The van der Waals surface area contributed by atoms with Crippen LogP contribution in [0.1, 0.15) is 265 Å². The molecular formula is C61H104O6. The van der Waals surface area contributed by atoms with Gasteiger partial charge in [0.2, 0.25) is 0 Å². The van der Waals surface area contributed by atoms with E-state index in [1.807, 2.05) is 0 Å². The number of carbonyl (C=O) groups excluding carboxylic acids is 3. The number of unbranched alkanes of at least 4 members (excludes halogenated alkanes) is 25. The van der Waals surface area contributed by atoms with Gasteiger partial charge in [0, 0.05) is 19.3 Å². The van der Waals surface area contributed by atoms with Gasteiger partial charge in [-0.15, -0.1) is 0 Å². The lowest BCUT2D eigenvalue weighted by molar-refractivity contribution is -0.167. The molecule has 0 rings (SSSR count). The van der Waals surface area contributed by atoms with E-state index in [2.05, 4.69) is 106 Å². The van der Waals surface area contributed by atoms with Crippen molar-refractivity contribution in [2.75, 3.05) is 13.2 Å². The smallest absolute Gasteiger partial charge is 0.306 e. The zero-order valence-corrected chi connectivity index (χ0v) is 43.9. The molecule has 0 spiro atoms. The largest absolute Gasteiger partial charge is 0.462 e. The molecule has 0 aliphatic heterocycles. The van der Waals surface area contributed by atoms with E-state index < -0.39 is 6.10 Å². The average molecular weight is 933 g/mol. The van der Waals surface area contributed by atoms with Crippen LogP contribution >= 0.6 is 0 Å². The maximum absolute atomic E-state index is 12.8. The molecule has 0 saturated carbocycles. The van der Waals surface area contributed by atoms with E-state index in [0.29, 0.717) is 19.3 Å². The Bertz CT molecular complexity index is 1300. The second kappa shape index (κ2) is 55.2. The first-order chi connectivity index (χ1) is 33.0. The van der Waals surface area contributed by atoms with Crippen LogP contribution < -0.4 is 0 Å². The van der Waals surface area contributed by atoms with Gasteiger partial charge in [-0.05, 0) is 96.3 Å². The topological polar surface area (TPSA) is 78.9 Å². The van der Waals surface area contributed by atoms with Crippen LogP contribution in [0, 0.1) is 0 Å². The molecule has 67 heavy (non-hydrogen) atoms. The van der Waals surface area contributed by atoms with Crippen LogP contribution in [0.3, 0.4) is 0 Å². The van der Waals surface area contributed by atoms with Gasteiger partial charge >= 0.3 is 17.9 Å². The highest BCUT2D eigenvalue weighted by Gasteiger charge is 2.19. The molecule has 0 aliphatic rings. The summed E-state index contributed by atoms with van der Waals surface area (Å²) >= 11 is 0. The van der Waals surface area contributed by atoms with Crippen molar-refractivity contribution in [1.29, 1.82) is 0 Å². The molecule has 1 atom stereocenters. The molecule has 0 aliphatic carbocycles. The first kappa shape index (κ1) is 63.6. The van der Waals surface area contributed by atoms with E-state index in [9.17, 15) is 14.4 Å². The van der Waals surface area contributed by atoms with Gasteiger partial charge < -0.3 is 14.2 Å². The number of hydrogen-bond donors (Lipinski definition) is 0. The van der Waals surface area contributed by atoms with E-state index in [1.165, 1.54) is 103 Å². The van der Waals surface area contributed by atoms with Gasteiger partial charge in [-0.3, -0.25) is 14.4 Å². The molecule has 0 aromatic rings. The van der Waals surface area contributed by atoms with Gasteiger partial charge in [-0.1, -0.05) is 234 Å². The summed E-state index contributed by atoms with van der Waals surface area (Å²) in [6.07, 6.45) is 71.5. The van der Waals surface area contributed by atoms with Crippen molar-refractivity contribution in [3.8, 4) is 0 Å². The molecule has 0 saturated heterocycles. The fourth-order valence-electron chi connectivity index (χ4n) is 7.68. The number of rotatable bonds is 50. The van der Waals surface area contributed by atoms with Crippen LogP contribution in [0.4, 0.5) is 0 Å². The van der Waals surface area contributed by atoms with Crippen LogP contribution in [0.25, 0.3) is 0 Å². The van der Waals surface area contributed by atoms with Gasteiger partial charge in [0.15, 0.2) is 6.10 Å². The molecule has 0 bridgehead atoms. The number of allylic oxidation sites excluding steroid dienone is 14. The van der Waals surface area contributed by atoms with Gasteiger partial charge in [0.05, 0.1) is 0 Å². The first-order valence-electron chi connectivity index (χ1n) is 28.1. The van der Waals surface area contributed by atoms with Gasteiger partial charge in [-0.25, -0.2) is 0 Å². The van der Waals surface area contributed by atoms with Crippen molar-refractivity contribution in [1.82, 2.24) is 0 Å². The van der Waals surface area contributed by atoms with Crippen molar-refractivity contribution in [3.63, 3.8) is 0 Å². The van der Waals surface area contributed by atoms with Crippen LogP contribution in [-0.2, 0) is 28.6 Å². The Morgan fingerprint density at radius 1 is 0.313 bits per heavy atom. The van der Waals surface area contributed by atoms with E-state index in [0.717, 1.165) is 122 Å². The standard InChI is InChI=1S/C61H104O6/c1-4-7-10-13-16-19-21-23-25-27-28-29-30-31-32-33-34-35-37-38-40-42-45-48-51-54-60(63)66-57-58(56-65-59(62)53-50-47-44-18-15-12-9-6-3)67-61(64)55-52-49-46-43-41-39-36-26-24-22-20-17-14-11-8-5-2/h7,10,16,19,23,25-26,28-29,31-32,34-36,58H,4-6,8-9,11-15,17-18,20-22,24,27,30,33,37-57H2,1-3H3/b10-7-,19-16-,25-23-,29-28-,32-31-,35-34-,36-26-. The first-order valence-corrected chi connectivity index (χ1v) is 28.1. The summed E-state index contributed by atoms with van der Waals surface area (Å²) in [5.41, 5.74) is 0. The fourth-order valence-corrected chi connectivity index (χ4v) is 7.68. The Morgan fingerprint density at radius 2 is 0.582 bits per heavy atom. The van der Waals surface area contributed by atoms with Gasteiger partial charge in [0.25, 0.3) is 0 Å². The second-order valence-corrected chi connectivity index (χ2v) is 18.5. The minimum absolute atomic E-state index is 0.0834. The number of carbonyl (C=O) groups is 3. The van der Waals surface area contributed by atoms with Crippen molar-refractivity contribution in [2.45, 2.75) is 271 Å². The summed E-state index contributed by atoms with van der Waals surface area (Å²) in [5, 5.41) is 0. The summed E-state index contributed by atoms with van der Waals surface area (Å²) in [4.78, 5) is 38.0. The maximum atomic E-state index is 12.8. The highest BCUT2D eigenvalue weighted by Crippen LogP contribution is 2.14. The van der Waals surface area contributed by atoms with Gasteiger partial charge in [0.1, 0.15) is 13.2 Å². The summed E-state index contributed by atoms with van der Waals surface area (Å²) in [7, 11) is 0. The molecular weight excluding hydrogens is 829 g/mol. The molecule has 6 heteroatoms. The molecule has 0 N–H and O–H groups in total. The predicted molar refractivity (Wildman–Crippen MR) is 288 cm³/mol. The zero-order valence-electron chi connectivity index (χ0n) is 43.9. The summed E-state index contributed by atoms with van der Waals surface area (Å²) in [6.45, 7) is 6.48. The van der Waals surface area contributed by atoms with Crippen LogP contribution in [-0.4, -0.2) is 37.2 Å². The molecule has 0 fully saturated rings. The summed E-state index contributed by atoms with van der Waals surface area (Å²) in [5.74, 6) is -0.908. The van der Waals surface area contributed by atoms with Crippen molar-refractivity contribution < 1.29 is 28.6 Å². The Morgan fingerprint density at radius 3 is 0.925 bits per heavy atom. The minimum Gasteiger partial charge on any atom is -0.462 e. The third-order valence-electron chi connectivity index (χ3n) is 11.9. The molecule has 0 heterocycles. The summed E-state index contributed by atoms with van der Waals surface area (Å²) < 4.78 is 16.8. The monoisotopic (exact) mass is 933 g/mol. The molecule has 0 amide bonds. The zero-order chi connectivity index (χ0) is 48.6. The SMILES string of the molecule is CC/C=C\C/C=C\C/C=C\C/C=C\C/C=C\C/C=C\CCCCCCCCC(=O)OCC(COC(=O)CCCCCCCCCC)OC(=O)CCCCCCC/C=C\CCCCCCCCC. The number of ether oxygens (including phenoxy) is 3. The van der Waals surface area contributed by atoms with E-state index in [-0.39, 0.29) is 31.1 Å². The molecule has 1 unspecified atom stereocenters. The fraction of sp³-hybridized carbons (Fsp3) is 0.721. The molecule has 0 aromatic carbocycles. The Kier molecular flexibility index (Phi) is 52.4. The highest BCUT2D eigenvalue weighted by molar-refractivity contribution is 5.71. The van der Waals surface area contributed by atoms with E-state index in [4.69, 9.17) is 14.2 Å². The maximum Gasteiger partial charge on any atom is 0.306 e. The Labute approximate surface area is 414 Å². The van der Waals surface area contributed by atoms with Gasteiger partial charge in [-0.2, -0.15) is 0 Å². The minimum atomic E-state index is -0.784. The van der Waals surface area contributed by atoms with Crippen molar-refractivity contribution >= 4 is 17.9 Å². The second-order valence-electron chi connectivity index (χ2n) is 18.5. The lowest BCUT2D eigenvalue weighted by atomic mass is 10.1. The number of hydrogen-bond acceptors (Lipinski definition) is 6. The third kappa shape index (κ3) is 53.4. The van der Waals surface area contributed by atoms with Crippen LogP contribution in [0.15, 0.2) is 85.1 Å². The van der Waals surface area contributed by atoms with Crippen LogP contribution in [0.5, 0.6) is 0 Å². The molecule has 6 nitrogen and oxygen atoms in total. The Balaban J connectivity index is 4.28. The lowest BCUT2D eigenvalue weighted by Crippen LogP contribution is -2.30.